The number of benzene rings is 1. The molecule has 0 amide bonds. The Morgan fingerprint density at radius 3 is 2.21 bits per heavy atom. The number of phenols is 2. The van der Waals surface area contributed by atoms with Crippen molar-refractivity contribution in [2.24, 2.45) is 0 Å². The molecule has 19 heavy (non-hydrogen) atoms. The predicted octanol–water partition coefficient (Wildman–Crippen LogP) is 3.79. The van der Waals surface area contributed by atoms with Crippen LogP contribution < -0.4 is 0 Å². The molecule has 3 heteroatoms. The third-order valence-electron chi connectivity index (χ3n) is 2.89. The van der Waals surface area contributed by atoms with Crippen molar-refractivity contribution < 1.29 is 10.2 Å². The molecule has 0 fully saturated rings. The Kier molecular flexibility index (Phi) is 3.85. The molecule has 0 unspecified atom stereocenters. The summed E-state index contributed by atoms with van der Waals surface area (Å²) in [7, 11) is 0. The lowest BCUT2D eigenvalue weighted by atomic mass is 9.98. The maximum atomic E-state index is 9.93. The smallest absolute Gasteiger partial charge is 0.123 e. The van der Waals surface area contributed by atoms with Crippen molar-refractivity contribution in [2.45, 2.75) is 19.8 Å². The first kappa shape index (κ1) is 13.1. The topological polar surface area (TPSA) is 53.4 Å². The van der Waals surface area contributed by atoms with Gasteiger partial charge < -0.3 is 10.2 Å². The van der Waals surface area contributed by atoms with Gasteiger partial charge in [0.2, 0.25) is 0 Å². The van der Waals surface area contributed by atoms with Crippen LogP contribution in [0.4, 0.5) is 0 Å². The molecule has 0 aliphatic carbocycles. The standard InChI is InChI=1S/C16H17NO2/c1-11(2)16-14(18)8-13(9-15(16)19)6-5-12-4-3-7-17-10-12/h3-11,18-19H,1-2H3/b6-5+. The molecule has 0 saturated carbocycles. The number of rotatable bonds is 3. The molecule has 0 spiro atoms. The van der Waals surface area contributed by atoms with E-state index in [2.05, 4.69) is 4.98 Å². The van der Waals surface area contributed by atoms with E-state index < -0.39 is 0 Å². The van der Waals surface area contributed by atoms with E-state index in [1.807, 2.05) is 38.1 Å². The molecule has 2 aromatic rings. The lowest BCUT2D eigenvalue weighted by Gasteiger charge is -2.11. The summed E-state index contributed by atoms with van der Waals surface area (Å²) in [5, 5.41) is 19.9. The maximum absolute atomic E-state index is 9.93. The minimum absolute atomic E-state index is 0.0800. The van der Waals surface area contributed by atoms with Crippen molar-refractivity contribution in [1.29, 1.82) is 0 Å². The van der Waals surface area contributed by atoms with E-state index >= 15 is 0 Å². The number of nitrogens with zero attached hydrogens (tertiary/aromatic N) is 1. The zero-order valence-corrected chi connectivity index (χ0v) is 11.0. The van der Waals surface area contributed by atoms with Gasteiger partial charge in [-0.15, -0.1) is 0 Å². The van der Waals surface area contributed by atoms with E-state index in [1.165, 1.54) is 0 Å². The number of pyridine rings is 1. The molecular weight excluding hydrogens is 238 g/mol. The van der Waals surface area contributed by atoms with Crippen LogP contribution in [0.1, 0.15) is 36.5 Å². The molecular formula is C16H17NO2. The van der Waals surface area contributed by atoms with Crippen molar-refractivity contribution in [1.82, 2.24) is 4.98 Å². The zero-order chi connectivity index (χ0) is 13.8. The lowest BCUT2D eigenvalue weighted by molar-refractivity contribution is 0.433. The SMILES string of the molecule is CC(C)c1c(O)cc(/C=C/c2cccnc2)cc1O. The van der Waals surface area contributed by atoms with Gasteiger partial charge in [0.05, 0.1) is 0 Å². The summed E-state index contributed by atoms with van der Waals surface area (Å²) in [5.41, 5.74) is 2.30. The molecule has 1 heterocycles. The summed E-state index contributed by atoms with van der Waals surface area (Å²) in [6.07, 6.45) is 7.18. The highest BCUT2D eigenvalue weighted by Gasteiger charge is 2.12. The van der Waals surface area contributed by atoms with Crippen molar-refractivity contribution in [2.75, 3.05) is 0 Å². The summed E-state index contributed by atoms with van der Waals surface area (Å²) in [6, 6.07) is 7.10. The predicted molar refractivity (Wildman–Crippen MR) is 77.0 cm³/mol. The molecule has 2 N–H and O–H groups in total. The molecule has 0 saturated heterocycles. The molecule has 2 rings (SSSR count). The fraction of sp³-hybridized carbons (Fsp3) is 0.188. The van der Waals surface area contributed by atoms with Crippen LogP contribution in [0.3, 0.4) is 0 Å². The van der Waals surface area contributed by atoms with Crippen LogP contribution in [0, 0.1) is 0 Å². The second-order valence-corrected chi connectivity index (χ2v) is 4.75. The van der Waals surface area contributed by atoms with Gasteiger partial charge in [-0.2, -0.15) is 0 Å². The van der Waals surface area contributed by atoms with E-state index in [9.17, 15) is 10.2 Å². The zero-order valence-electron chi connectivity index (χ0n) is 11.0. The third-order valence-corrected chi connectivity index (χ3v) is 2.89. The number of aromatic hydroxyl groups is 2. The van der Waals surface area contributed by atoms with Crippen LogP contribution in [-0.4, -0.2) is 15.2 Å². The van der Waals surface area contributed by atoms with E-state index in [-0.39, 0.29) is 17.4 Å². The van der Waals surface area contributed by atoms with Crippen molar-refractivity contribution >= 4 is 12.2 Å². The molecule has 1 aromatic heterocycles. The molecule has 3 nitrogen and oxygen atoms in total. The molecule has 1 aromatic carbocycles. The van der Waals surface area contributed by atoms with E-state index in [0.717, 1.165) is 11.1 Å². The van der Waals surface area contributed by atoms with Crippen molar-refractivity contribution in [3.8, 4) is 11.5 Å². The van der Waals surface area contributed by atoms with Gasteiger partial charge in [0.25, 0.3) is 0 Å². The number of phenolic OH excluding ortho intramolecular Hbond substituents is 2. The highest BCUT2D eigenvalue weighted by atomic mass is 16.3. The Labute approximate surface area is 112 Å². The van der Waals surface area contributed by atoms with Gasteiger partial charge in [-0.05, 0) is 35.2 Å². The highest BCUT2D eigenvalue weighted by Crippen LogP contribution is 2.35. The Balaban J connectivity index is 2.30. The first-order valence-corrected chi connectivity index (χ1v) is 6.22. The van der Waals surface area contributed by atoms with E-state index in [0.29, 0.717) is 5.56 Å². The second-order valence-electron chi connectivity index (χ2n) is 4.75. The summed E-state index contributed by atoms with van der Waals surface area (Å²) in [5.74, 6) is 0.332. The maximum Gasteiger partial charge on any atom is 0.123 e. The van der Waals surface area contributed by atoms with Gasteiger partial charge in [-0.25, -0.2) is 0 Å². The monoisotopic (exact) mass is 255 g/mol. The van der Waals surface area contributed by atoms with Crippen LogP contribution in [0.5, 0.6) is 11.5 Å². The normalized spacial score (nSPS) is 11.3. The minimum atomic E-state index is 0.0800. The number of hydrogen-bond donors (Lipinski definition) is 2. The second kappa shape index (κ2) is 5.57. The molecule has 0 radical (unpaired) electrons. The lowest BCUT2D eigenvalue weighted by Crippen LogP contribution is -1.90. The van der Waals surface area contributed by atoms with E-state index in [1.54, 1.807) is 24.5 Å². The van der Waals surface area contributed by atoms with Gasteiger partial charge in [-0.3, -0.25) is 4.98 Å². The first-order valence-electron chi connectivity index (χ1n) is 6.22. The summed E-state index contributed by atoms with van der Waals surface area (Å²) >= 11 is 0. The average Bonchev–Trinajstić information content (AvgIpc) is 2.36. The summed E-state index contributed by atoms with van der Waals surface area (Å²) in [6.45, 7) is 3.86. The van der Waals surface area contributed by atoms with E-state index in [4.69, 9.17) is 0 Å². The van der Waals surface area contributed by atoms with Gasteiger partial charge >= 0.3 is 0 Å². The Bertz CT molecular complexity index is 566. The summed E-state index contributed by atoms with van der Waals surface area (Å²) < 4.78 is 0. The van der Waals surface area contributed by atoms with Gasteiger partial charge in [0, 0.05) is 18.0 Å². The van der Waals surface area contributed by atoms with Crippen LogP contribution in [0.25, 0.3) is 12.2 Å². The average molecular weight is 255 g/mol. The van der Waals surface area contributed by atoms with Gasteiger partial charge in [-0.1, -0.05) is 32.1 Å². The van der Waals surface area contributed by atoms with Crippen molar-refractivity contribution in [3.05, 3.63) is 53.3 Å². The minimum Gasteiger partial charge on any atom is -0.507 e. The highest BCUT2D eigenvalue weighted by molar-refractivity contribution is 5.71. The van der Waals surface area contributed by atoms with Crippen LogP contribution >= 0.6 is 0 Å². The first-order chi connectivity index (χ1) is 9.08. The van der Waals surface area contributed by atoms with Gasteiger partial charge in [0.15, 0.2) is 0 Å². The Hall–Kier alpha value is -2.29. The van der Waals surface area contributed by atoms with Crippen LogP contribution in [0.15, 0.2) is 36.7 Å². The molecule has 0 aliphatic heterocycles. The van der Waals surface area contributed by atoms with Crippen LogP contribution in [-0.2, 0) is 0 Å². The van der Waals surface area contributed by atoms with Gasteiger partial charge in [0.1, 0.15) is 11.5 Å². The molecule has 0 atom stereocenters. The number of aromatic nitrogens is 1. The quantitative estimate of drug-likeness (QED) is 0.877. The molecule has 98 valence electrons. The fourth-order valence-corrected chi connectivity index (χ4v) is 2.00. The fourth-order valence-electron chi connectivity index (χ4n) is 2.00. The Morgan fingerprint density at radius 1 is 1.05 bits per heavy atom. The van der Waals surface area contributed by atoms with Crippen molar-refractivity contribution in [3.63, 3.8) is 0 Å². The molecule has 0 bridgehead atoms. The summed E-state index contributed by atoms with van der Waals surface area (Å²) in [4.78, 5) is 4.02. The molecule has 0 aliphatic rings. The number of hydrogen-bond acceptors (Lipinski definition) is 3. The van der Waals surface area contributed by atoms with Crippen LogP contribution in [0.2, 0.25) is 0 Å². The Morgan fingerprint density at radius 2 is 1.68 bits per heavy atom. The third kappa shape index (κ3) is 3.13. The largest absolute Gasteiger partial charge is 0.507 e.